The maximum atomic E-state index is 11.0. The zero-order chi connectivity index (χ0) is 8.85. The third kappa shape index (κ3) is 4.03. The Morgan fingerprint density at radius 2 is 2.09 bits per heavy atom. The van der Waals surface area contributed by atoms with Crippen molar-refractivity contribution in [1.82, 2.24) is 5.32 Å². The Hall–Kier alpha value is -0.510. The van der Waals surface area contributed by atoms with Crippen molar-refractivity contribution in [3.05, 3.63) is 0 Å². The molecule has 0 fully saturated rings. The second-order valence-corrected chi connectivity index (χ2v) is 3.50. The Kier molecular flexibility index (Phi) is 4.94. The highest BCUT2D eigenvalue weighted by atomic mass is 32.2. The fourth-order valence-corrected chi connectivity index (χ4v) is 1.48. The van der Waals surface area contributed by atoms with E-state index in [1.165, 1.54) is 6.92 Å². The molecular formula is C7H13NO2S. The molecule has 1 atom stereocenters. The molecule has 3 nitrogen and oxygen atoms in total. The average molecular weight is 175 g/mol. The van der Waals surface area contributed by atoms with Gasteiger partial charge in [0, 0.05) is 14.0 Å². The van der Waals surface area contributed by atoms with Crippen LogP contribution in [0.15, 0.2) is 0 Å². The summed E-state index contributed by atoms with van der Waals surface area (Å²) in [5.41, 5.74) is 0. The largest absolute Gasteiger partial charge is 0.358 e. The summed E-state index contributed by atoms with van der Waals surface area (Å²) in [4.78, 5) is 21.6. The van der Waals surface area contributed by atoms with Crippen LogP contribution in [0, 0.1) is 0 Å². The molecule has 1 amide bonds. The molecule has 11 heavy (non-hydrogen) atoms. The molecule has 0 spiro atoms. The highest BCUT2D eigenvalue weighted by molar-refractivity contribution is 8.14. The number of thioether (sulfide) groups is 1. The molecule has 1 N–H and O–H groups in total. The average Bonchev–Trinajstić information content (AvgIpc) is 1.98. The lowest BCUT2D eigenvalue weighted by atomic mass is 10.3. The number of carbonyl (C=O) groups is 2. The number of hydrogen-bond donors (Lipinski definition) is 1. The Labute approximate surface area is 70.9 Å². The number of amides is 1. The SMILES string of the molecule is CCC(SC(C)=O)C(=O)NC. The van der Waals surface area contributed by atoms with Crippen LogP contribution < -0.4 is 5.32 Å². The predicted octanol–water partition coefficient (Wildman–Crippen LogP) is 0.791. The molecule has 0 aromatic carbocycles. The summed E-state index contributed by atoms with van der Waals surface area (Å²) in [6.45, 7) is 3.35. The molecule has 0 saturated heterocycles. The van der Waals surface area contributed by atoms with Gasteiger partial charge >= 0.3 is 0 Å². The minimum atomic E-state index is -0.225. The van der Waals surface area contributed by atoms with Crippen molar-refractivity contribution in [1.29, 1.82) is 0 Å². The smallest absolute Gasteiger partial charge is 0.233 e. The second-order valence-electron chi connectivity index (χ2n) is 2.12. The van der Waals surface area contributed by atoms with E-state index in [4.69, 9.17) is 0 Å². The van der Waals surface area contributed by atoms with E-state index in [9.17, 15) is 9.59 Å². The van der Waals surface area contributed by atoms with Crippen molar-refractivity contribution in [2.45, 2.75) is 25.5 Å². The minimum absolute atomic E-state index is 0.0135. The number of carbonyl (C=O) groups excluding carboxylic acids is 2. The van der Waals surface area contributed by atoms with Crippen molar-refractivity contribution >= 4 is 22.8 Å². The first-order valence-corrected chi connectivity index (χ1v) is 4.38. The third-order valence-corrected chi connectivity index (χ3v) is 2.38. The van der Waals surface area contributed by atoms with E-state index in [0.717, 1.165) is 11.8 Å². The summed E-state index contributed by atoms with van der Waals surface area (Å²) < 4.78 is 0. The second kappa shape index (κ2) is 5.18. The predicted molar refractivity (Wildman–Crippen MR) is 46.4 cm³/mol. The molecule has 0 aromatic heterocycles. The van der Waals surface area contributed by atoms with Gasteiger partial charge in [-0.1, -0.05) is 18.7 Å². The molecule has 0 rings (SSSR count). The van der Waals surface area contributed by atoms with Crippen LogP contribution in [0.1, 0.15) is 20.3 Å². The lowest BCUT2D eigenvalue weighted by Crippen LogP contribution is -2.29. The number of nitrogens with one attached hydrogen (secondary N) is 1. The lowest BCUT2D eigenvalue weighted by Gasteiger charge is -2.09. The van der Waals surface area contributed by atoms with Crippen LogP contribution in [-0.4, -0.2) is 23.3 Å². The summed E-state index contributed by atoms with van der Waals surface area (Å²) in [5, 5.41) is 2.27. The van der Waals surface area contributed by atoms with Gasteiger partial charge in [0.05, 0.1) is 5.25 Å². The van der Waals surface area contributed by atoms with Crippen molar-refractivity contribution in [3.63, 3.8) is 0 Å². The van der Waals surface area contributed by atoms with E-state index >= 15 is 0 Å². The van der Waals surface area contributed by atoms with E-state index in [2.05, 4.69) is 5.32 Å². The third-order valence-electron chi connectivity index (χ3n) is 1.22. The van der Waals surface area contributed by atoms with E-state index in [1.54, 1.807) is 7.05 Å². The van der Waals surface area contributed by atoms with Gasteiger partial charge in [-0.25, -0.2) is 0 Å². The highest BCUT2D eigenvalue weighted by Gasteiger charge is 2.16. The molecule has 0 heterocycles. The molecule has 0 aliphatic carbocycles. The molecule has 0 aliphatic rings. The van der Waals surface area contributed by atoms with Crippen molar-refractivity contribution < 1.29 is 9.59 Å². The van der Waals surface area contributed by atoms with Gasteiger partial charge in [-0.2, -0.15) is 0 Å². The van der Waals surface area contributed by atoms with Gasteiger partial charge in [0.15, 0.2) is 5.12 Å². The van der Waals surface area contributed by atoms with Crippen molar-refractivity contribution in [2.75, 3.05) is 7.05 Å². The van der Waals surface area contributed by atoms with E-state index in [1.807, 2.05) is 6.92 Å². The molecule has 0 bridgehead atoms. The van der Waals surface area contributed by atoms with Crippen LogP contribution in [0.25, 0.3) is 0 Å². The molecule has 0 aliphatic heterocycles. The first-order chi connectivity index (χ1) is 5.11. The van der Waals surface area contributed by atoms with Crippen LogP contribution in [-0.2, 0) is 9.59 Å². The van der Waals surface area contributed by atoms with Gasteiger partial charge in [0.2, 0.25) is 5.91 Å². The quantitative estimate of drug-likeness (QED) is 0.690. The fraction of sp³-hybridized carbons (Fsp3) is 0.714. The molecular weight excluding hydrogens is 162 g/mol. The molecule has 0 aromatic rings. The first-order valence-electron chi connectivity index (χ1n) is 3.50. The Morgan fingerprint density at radius 3 is 2.36 bits per heavy atom. The maximum Gasteiger partial charge on any atom is 0.233 e. The van der Waals surface area contributed by atoms with E-state index in [0.29, 0.717) is 6.42 Å². The summed E-state index contributed by atoms with van der Waals surface area (Å²) >= 11 is 1.08. The van der Waals surface area contributed by atoms with E-state index in [-0.39, 0.29) is 16.3 Å². The van der Waals surface area contributed by atoms with Gasteiger partial charge in [-0.05, 0) is 6.42 Å². The standard InChI is InChI=1S/C7H13NO2S/c1-4-6(7(10)8-3)11-5(2)9/h6H,4H2,1-3H3,(H,8,10). The van der Waals surface area contributed by atoms with Gasteiger partial charge < -0.3 is 5.32 Å². The van der Waals surface area contributed by atoms with Gasteiger partial charge in [-0.3, -0.25) is 9.59 Å². The number of hydrogen-bond acceptors (Lipinski definition) is 3. The maximum absolute atomic E-state index is 11.0. The zero-order valence-corrected chi connectivity index (χ0v) is 7.83. The van der Waals surface area contributed by atoms with Crippen molar-refractivity contribution in [2.24, 2.45) is 0 Å². The lowest BCUT2D eigenvalue weighted by molar-refractivity contribution is -0.120. The molecule has 1 unspecified atom stereocenters. The monoisotopic (exact) mass is 175 g/mol. The first kappa shape index (κ1) is 10.5. The van der Waals surface area contributed by atoms with Crippen molar-refractivity contribution in [3.8, 4) is 0 Å². The van der Waals surface area contributed by atoms with Crippen LogP contribution in [0.2, 0.25) is 0 Å². The molecule has 4 heteroatoms. The zero-order valence-electron chi connectivity index (χ0n) is 7.01. The van der Waals surface area contributed by atoms with Crippen LogP contribution in [0.5, 0.6) is 0 Å². The highest BCUT2D eigenvalue weighted by Crippen LogP contribution is 2.14. The van der Waals surface area contributed by atoms with Gasteiger partial charge in [0.25, 0.3) is 0 Å². The van der Waals surface area contributed by atoms with E-state index < -0.39 is 0 Å². The van der Waals surface area contributed by atoms with Gasteiger partial charge in [0.1, 0.15) is 0 Å². The normalized spacial score (nSPS) is 12.3. The Balaban J connectivity index is 3.94. The van der Waals surface area contributed by atoms with Gasteiger partial charge in [-0.15, -0.1) is 0 Å². The molecule has 64 valence electrons. The summed E-state index contributed by atoms with van der Waals surface area (Å²) in [5.74, 6) is -0.0762. The molecule has 0 saturated carbocycles. The van der Waals surface area contributed by atoms with Crippen LogP contribution in [0.4, 0.5) is 0 Å². The van der Waals surface area contributed by atoms with Crippen LogP contribution >= 0.6 is 11.8 Å². The molecule has 0 radical (unpaired) electrons. The minimum Gasteiger partial charge on any atom is -0.358 e. The summed E-state index contributed by atoms with van der Waals surface area (Å²) in [6, 6.07) is 0. The Bertz CT molecular complexity index is 159. The fourth-order valence-electron chi connectivity index (χ4n) is 0.684. The summed E-state index contributed by atoms with van der Waals surface area (Å²) in [6.07, 6.45) is 0.684. The van der Waals surface area contributed by atoms with Crippen LogP contribution in [0.3, 0.4) is 0 Å². The summed E-state index contributed by atoms with van der Waals surface area (Å²) in [7, 11) is 1.58. The number of rotatable bonds is 3. The topological polar surface area (TPSA) is 46.2 Å². The Morgan fingerprint density at radius 1 is 1.55 bits per heavy atom.